The third kappa shape index (κ3) is 3.60. The molecule has 1 fully saturated rings. The van der Waals surface area contributed by atoms with Gasteiger partial charge in [-0.1, -0.05) is 13.8 Å². The first-order chi connectivity index (χ1) is 8.24. The molecule has 0 spiro atoms. The highest BCUT2D eigenvalue weighted by molar-refractivity contribution is 7.99. The molecule has 0 bridgehead atoms. The van der Waals surface area contributed by atoms with E-state index in [1.165, 1.54) is 30.8 Å². The van der Waals surface area contributed by atoms with Crippen molar-refractivity contribution in [3.05, 3.63) is 0 Å². The molecule has 3 nitrogen and oxygen atoms in total. The summed E-state index contributed by atoms with van der Waals surface area (Å²) in [5.41, 5.74) is 6.31. The van der Waals surface area contributed by atoms with E-state index in [9.17, 15) is 0 Å². The lowest BCUT2D eigenvalue weighted by Crippen LogP contribution is -2.58. The van der Waals surface area contributed by atoms with Crippen LogP contribution in [0.15, 0.2) is 0 Å². The largest absolute Gasteiger partial charge is 0.383 e. The molecule has 17 heavy (non-hydrogen) atoms. The molecule has 0 amide bonds. The molecule has 102 valence electrons. The smallest absolute Gasteiger partial charge is 0.0590 e. The second kappa shape index (κ2) is 7.62. The van der Waals surface area contributed by atoms with Gasteiger partial charge in [0.2, 0.25) is 0 Å². The summed E-state index contributed by atoms with van der Waals surface area (Å²) in [7, 11) is 1.78. The lowest BCUT2D eigenvalue weighted by Gasteiger charge is -2.44. The van der Waals surface area contributed by atoms with Crippen LogP contribution >= 0.6 is 11.8 Å². The Hall–Kier alpha value is 0.230. The summed E-state index contributed by atoms with van der Waals surface area (Å²) in [6.45, 7) is 7.16. The fourth-order valence-electron chi connectivity index (χ4n) is 2.83. The van der Waals surface area contributed by atoms with Crippen molar-refractivity contribution in [3.8, 4) is 0 Å². The SMILES string of the molecule is CCC(CC)N(CCOC)C1(CN)CCSC1. The molecule has 0 aromatic heterocycles. The maximum absolute atomic E-state index is 6.09. The van der Waals surface area contributed by atoms with Crippen molar-refractivity contribution >= 4 is 11.8 Å². The number of thioether (sulfide) groups is 1. The highest BCUT2D eigenvalue weighted by atomic mass is 32.2. The van der Waals surface area contributed by atoms with Crippen LogP contribution in [0.1, 0.15) is 33.1 Å². The summed E-state index contributed by atoms with van der Waals surface area (Å²) in [6, 6.07) is 0.646. The van der Waals surface area contributed by atoms with Crippen molar-refractivity contribution in [1.29, 1.82) is 0 Å². The van der Waals surface area contributed by atoms with Crippen LogP contribution in [0.3, 0.4) is 0 Å². The van der Waals surface area contributed by atoms with Crippen LogP contribution in [0, 0.1) is 0 Å². The molecule has 1 heterocycles. The van der Waals surface area contributed by atoms with Crippen molar-refractivity contribution in [1.82, 2.24) is 4.90 Å². The summed E-state index contributed by atoms with van der Waals surface area (Å²) in [6.07, 6.45) is 3.63. The number of nitrogens with two attached hydrogens (primary N) is 1. The van der Waals surface area contributed by atoms with Crippen LogP contribution in [0.25, 0.3) is 0 Å². The lowest BCUT2D eigenvalue weighted by molar-refractivity contribution is 0.0338. The zero-order valence-corrected chi connectivity index (χ0v) is 12.4. The van der Waals surface area contributed by atoms with Crippen molar-refractivity contribution in [2.75, 3.05) is 38.3 Å². The first kappa shape index (κ1) is 15.3. The van der Waals surface area contributed by atoms with Crippen LogP contribution in [0.4, 0.5) is 0 Å². The normalized spacial score (nSPS) is 25.1. The van der Waals surface area contributed by atoms with E-state index in [-0.39, 0.29) is 5.54 Å². The molecule has 0 aromatic carbocycles. The quantitative estimate of drug-likeness (QED) is 0.724. The third-order valence-electron chi connectivity index (χ3n) is 3.99. The Morgan fingerprint density at radius 2 is 2.12 bits per heavy atom. The molecule has 0 radical (unpaired) electrons. The maximum atomic E-state index is 6.09. The molecule has 1 saturated heterocycles. The topological polar surface area (TPSA) is 38.5 Å². The first-order valence-corrected chi connectivity index (χ1v) is 7.93. The molecule has 4 heteroatoms. The maximum Gasteiger partial charge on any atom is 0.0590 e. The second-order valence-corrected chi connectivity index (χ2v) is 5.99. The molecule has 1 unspecified atom stereocenters. The fourth-order valence-corrected chi connectivity index (χ4v) is 4.30. The van der Waals surface area contributed by atoms with Gasteiger partial charge >= 0.3 is 0 Å². The van der Waals surface area contributed by atoms with Crippen LogP contribution in [0.5, 0.6) is 0 Å². The first-order valence-electron chi connectivity index (χ1n) is 6.77. The van der Waals surface area contributed by atoms with E-state index in [1.807, 2.05) is 11.8 Å². The van der Waals surface area contributed by atoms with Gasteiger partial charge in [-0.25, -0.2) is 0 Å². The van der Waals surface area contributed by atoms with Gasteiger partial charge in [0, 0.05) is 37.5 Å². The van der Waals surface area contributed by atoms with Crippen molar-refractivity contribution < 1.29 is 4.74 Å². The van der Waals surface area contributed by atoms with Crippen LogP contribution in [0.2, 0.25) is 0 Å². The Bertz CT molecular complexity index is 204. The molecule has 1 rings (SSSR count). The monoisotopic (exact) mass is 260 g/mol. The van der Waals surface area contributed by atoms with E-state index in [2.05, 4.69) is 18.7 Å². The minimum Gasteiger partial charge on any atom is -0.383 e. The number of methoxy groups -OCH3 is 1. The fraction of sp³-hybridized carbons (Fsp3) is 1.00. The third-order valence-corrected chi connectivity index (χ3v) is 5.23. The predicted octanol–water partition coefficient (Wildman–Crippen LogP) is 1.96. The average molecular weight is 260 g/mol. The van der Waals surface area contributed by atoms with Gasteiger partial charge in [-0.15, -0.1) is 0 Å². The van der Waals surface area contributed by atoms with Gasteiger partial charge < -0.3 is 10.5 Å². The number of hydrogen-bond donors (Lipinski definition) is 1. The van der Waals surface area contributed by atoms with E-state index in [1.54, 1.807) is 7.11 Å². The van der Waals surface area contributed by atoms with Gasteiger partial charge in [0.1, 0.15) is 0 Å². The summed E-state index contributed by atoms with van der Waals surface area (Å²) >= 11 is 2.04. The Balaban J connectivity index is 2.78. The van der Waals surface area contributed by atoms with E-state index in [0.717, 1.165) is 19.7 Å². The lowest BCUT2D eigenvalue weighted by atomic mass is 9.92. The molecule has 0 saturated carbocycles. The van der Waals surface area contributed by atoms with Crippen LogP contribution < -0.4 is 5.73 Å². The minimum absolute atomic E-state index is 0.222. The molecular formula is C13H28N2OS. The molecule has 1 aliphatic heterocycles. The van der Waals surface area contributed by atoms with Crippen molar-refractivity contribution in [2.45, 2.75) is 44.7 Å². The summed E-state index contributed by atoms with van der Waals surface area (Å²) in [5, 5.41) is 0. The van der Waals surface area contributed by atoms with E-state index in [0.29, 0.717) is 6.04 Å². The number of hydrogen-bond acceptors (Lipinski definition) is 4. The van der Waals surface area contributed by atoms with Crippen molar-refractivity contribution in [3.63, 3.8) is 0 Å². The Labute approximate surface area is 110 Å². The van der Waals surface area contributed by atoms with Crippen LogP contribution in [-0.4, -0.2) is 54.8 Å². The molecule has 1 atom stereocenters. The Morgan fingerprint density at radius 1 is 1.41 bits per heavy atom. The van der Waals surface area contributed by atoms with Gasteiger partial charge in [-0.05, 0) is 25.0 Å². The Kier molecular flexibility index (Phi) is 6.85. The van der Waals surface area contributed by atoms with Gasteiger partial charge in [0.05, 0.1) is 6.61 Å². The van der Waals surface area contributed by atoms with E-state index in [4.69, 9.17) is 10.5 Å². The molecule has 2 N–H and O–H groups in total. The molecular weight excluding hydrogens is 232 g/mol. The average Bonchev–Trinajstić information content (AvgIpc) is 2.84. The second-order valence-electron chi connectivity index (χ2n) is 4.89. The number of ether oxygens (including phenoxy) is 1. The number of nitrogens with zero attached hydrogens (tertiary/aromatic N) is 1. The summed E-state index contributed by atoms with van der Waals surface area (Å²) in [5.74, 6) is 2.44. The van der Waals surface area contributed by atoms with Gasteiger partial charge in [0.25, 0.3) is 0 Å². The summed E-state index contributed by atoms with van der Waals surface area (Å²) < 4.78 is 5.27. The zero-order valence-electron chi connectivity index (χ0n) is 11.6. The van der Waals surface area contributed by atoms with Gasteiger partial charge in [-0.2, -0.15) is 11.8 Å². The van der Waals surface area contributed by atoms with E-state index < -0.39 is 0 Å². The molecule has 1 aliphatic rings. The van der Waals surface area contributed by atoms with Crippen molar-refractivity contribution in [2.24, 2.45) is 5.73 Å². The predicted molar refractivity (Wildman–Crippen MR) is 76.7 cm³/mol. The van der Waals surface area contributed by atoms with E-state index >= 15 is 0 Å². The standard InChI is InChI=1S/C13H28N2OS/c1-4-12(5-2)15(7-8-16-3)13(10-14)6-9-17-11-13/h12H,4-11,14H2,1-3H3. The van der Waals surface area contributed by atoms with Crippen LogP contribution in [-0.2, 0) is 4.74 Å². The van der Waals surface area contributed by atoms with Gasteiger partial charge in [-0.3, -0.25) is 4.90 Å². The Morgan fingerprint density at radius 3 is 2.53 bits per heavy atom. The number of rotatable bonds is 8. The highest BCUT2D eigenvalue weighted by Crippen LogP contribution is 2.35. The highest BCUT2D eigenvalue weighted by Gasteiger charge is 2.40. The van der Waals surface area contributed by atoms with Gasteiger partial charge in [0.15, 0.2) is 0 Å². The summed E-state index contributed by atoms with van der Waals surface area (Å²) in [4.78, 5) is 2.64. The molecule has 0 aromatic rings. The molecule has 0 aliphatic carbocycles. The zero-order chi connectivity index (χ0) is 12.7. The minimum atomic E-state index is 0.222.